The van der Waals surface area contributed by atoms with Crippen molar-refractivity contribution in [2.24, 2.45) is 23.0 Å². The largest absolute Gasteiger partial charge is 0.392 e. The molecule has 2 fully saturated rings. The van der Waals surface area contributed by atoms with Crippen LogP contribution in [0.25, 0.3) is 0 Å². The van der Waals surface area contributed by atoms with E-state index in [1.807, 2.05) is 0 Å². The predicted molar refractivity (Wildman–Crippen MR) is 67.1 cm³/mol. The van der Waals surface area contributed by atoms with Gasteiger partial charge in [0.25, 0.3) is 0 Å². The summed E-state index contributed by atoms with van der Waals surface area (Å²) in [6, 6.07) is 0. The lowest BCUT2D eigenvalue weighted by Crippen LogP contribution is -2.50. The van der Waals surface area contributed by atoms with Crippen LogP contribution in [-0.4, -0.2) is 17.8 Å². The van der Waals surface area contributed by atoms with E-state index in [2.05, 4.69) is 6.92 Å². The Kier molecular flexibility index (Phi) is 3.91. The number of nitrogens with two attached hydrogens (primary N) is 1. The summed E-state index contributed by atoms with van der Waals surface area (Å²) in [5.74, 6) is 1.35. The zero-order chi connectivity index (χ0) is 11.6. The van der Waals surface area contributed by atoms with Crippen LogP contribution in [0, 0.1) is 17.3 Å². The summed E-state index contributed by atoms with van der Waals surface area (Å²) in [4.78, 5) is 0. The van der Waals surface area contributed by atoms with E-state index in [-0.39, 0.29) is 11.5 Å². The molecule has 2 rings (SSSR count). The number of aliphatic hydroxyl groups excluding tert-OH is 1. The van der Waals surface area contributed by atoms with Gasteiger partial charge in [-0.05, 0) is 37.5 Å². The van der Waals surface area contributed by atoms with Crippen LogP contribution in [0.15, 0.2) is 0 Å². The average Bonchev–Trinajstić information content (AvgIpc) is 2.26. The molecule has 0 spiro atoms. The van der Waals surface area contributed by atoms with Gasteiger partial charge in [0.15, 0.2) is 0 Å². The van der Waals surface area contributed by atoms with Crippen LogP contribution in [0.2, 0.25) is 0 Å². The second kappa shape index (κ2) is 5.05. The van der Waals surface area contributed by atoms with Crippen LogP contribution >= 0.6 is 0 Å². The molecule has 2 nitrogen and oxygen atoms in total. The van der Waals surface area contributed by atoms with Gasteiger partial charge in [0.05, 0.1) is 6.10 Å². The zero-order valence-corrected chi connectivity index (χ0v) is 10.6. The standard InChI is InChI=1S/C14H27NO/c1-2-11-5-4-8-14(9-11,10-15)13(16)12-6-3-7-12/h11-13,16H,2-10,15H2,1H3. The minimum absolute atomic E-state index is 0.0595. The fourth-order valence-corrected chi connectivity index (χ4v) is 3.70. The lowest BCUT2D eigenvalue weighted by Gasteiger charge is -2.48. The highest BCUT2D eigenvalue weighted by Crippen LogP contribution is 2.47. The van der Waals surface area contributed by atoms with Crippen molar-refractivity contribution in [3.63, 3.8) is 0 Å². The molecule has 0 aliphatic heterocycles. The first-order chi connectivity index (χ1) is 7.72. The molecule has 2 aliphatic carbocycles. The van der Waals surface area contributed by atoms with Gasteiger partial charge in [-0.15, -0.1) is 0 Å². The van der Waals surface area contributed by atoms with E-state index < -0.39 is 0 Å². The molecule has 3 N–H and O–H groups in total. The average molecular weight is 225 g/mol. The molecule has 0 amide bonds. The van der Waals surface area contributed by atoms with Crippen LogP contribution in [0.1, 0.15) is 58.3 Å². The quantitative estimate of drug-likeness (QED) is 0.772. The summed E-state index contributed by atoms with van der Waals surface area (Å²) in [6.45, 7) is 2.95. The lowest BCUT2D eigenvalue weighted by atomic mass is 9.60. The Morgan fingerprint density at radius 3 is 2.56 bits per heavy atom. The summed E-state index contributed by atoms with van der Waals surface area (Å²) in [7, 11) is 0. The van der Waals surface area contributed by atoms with E-state index in [1.54, 1.807) is 0 Å². The summed E-state index contributed by atoms with van der Waals surface area (Å²) in [5, 5.41) is 10.6. The van der Waals surface area contributed by atoms with Crippen LogP contribution < -0.4 is 5.73 Å². The summed E-state index contributed by atoms with van der Waals surface area (Å²) < 4.78 is 0. The van der Waals surface area contributed by atoms with Gasteiger partial charge in [-0.2, -0.15) is 0 Å². The number of aliphatic hydroxyl groups is 1. The molecule has 2 aliphatic rings. The SMILES string of the molecule is CCC1CCCC(CN)(C(O)C2CCC2)C1. The third-order valence-corrected chi connectivity index (χ3v) is 5.19. The molecule has 0 bridgehead atoms. The van der Waals surface area contributed by atoms with E-state index in [1.165, 1.54) is 38.5 Å². The summed E-state index contributed by atoms with van der Waals surface area (Å²) in [6.07, 6.45) is 9.79. The Morgan fingerprint density at radius 2 is 2.06 bits per heavy atom. The molecule has 3 unspecified atom stereocenters. The normalized spacial score (nSPS) is 38.1. The van der Waals surface area contributed by atoms with Gasteiger partial charge in [-0.25, -0.2) is 0 Å². The first kappa shape index (κ1) is 12.4. The molecule has 2 saturated carbocycles. The molecule has 94 valence electrons. The van der Waals surface area contributed by atoms with Crippen molar-refractivity contribution in [3.8, 4) is 0 Å². The molecule has 0 aromatic rings. The van der Waals surface area contributed by atoms with E-state index in [9.17, 15) is 5.11 Å². The fraction of sp³-hybridized carbons (Fsp3) is 1.00. The minimum Gasteiger partial charge on any atom is -0.392 e. The third-order valence-electron chi connectivity index (χ3n) is 5.19. The molecule has 0 radical (unpaired) electrons. The maximum Gasteiger partial charge on any atom is 0.0636 e. The van der Waals surface area contributed by atoms with E-state index in [0.29, 0.717) is 12.5 Å². The van der Waals surface area contributed by atoms with Crippen molar-refractivity contribution < 1.29 is 5.11 Å². The molecule has 2 heteroatoms. The first-order valence-electron chi connectivity index (χ1n) is 7.10. The summed E-state index contributed by atoms with van der Waals surface area (Å²) in [5.41, 5.74) is 6.07. The van der Waals surface area contributed by atoms with Crippen LogP contribution in [0.3, 0.4) is 0 Å². The van der Waals surface area contributed by atoms with E-state index in [4.69, 9.17) is 5.73 Å². The second-order valence-corrected chi connectivity index (χ2v) is 6.07. The van der Waals surface area contributed by atoms with Gasteiger partial charge >= 0.3 is 0 Å². The minimum atomic E-state index is -0.124. The molecule has 0 aromatic heterocycles. The molecule has 16 heavy (non-hydrogen) atoms. The number of rotatable bonds is 4. The van der Waals surface area contributed by atoms with Gasteiger partial charge in [0, 0.05) is 12.0 Å². The van der Waals surface area contributed by atoms with Gasteiger partial charge < -0.3 is 10.8 Å². The monoisotopic (exact) mass is 225 g/mol. The first-order valence-corrected chi connectivity index (χ1v) is 7.10. The maximum absolute atomic E-state index is 10.6. The van der Waals surface area contributed by atoms with Gasteiger partial charge in [0.2, 0.25) is 0 Å². The molecular weight excluding hydrogens is 198 g/mol. The van der Waals surface area contributed by atoms with E-state index in [0.717, 1.165) is 18.8 Å². The van der Waals surface area contributed by atoms with E-state index >= 15 is 0 Å². The zero-order valence-electron chi connectivity index (χ0n) is 10.6. The van der Waals surface area contributed by atoms with Crippen molar-refractivity contribution in [1.29, 1.82) is 0 Å². The van der Waals surface area contributed by atoms with Crippen molar-refractivity contribution in [2.75, 3.05) is 6.54 Å². The Labute approximate surface area is 99.6 Å². The number of hydrogen-bond donors (Lipinski definition) is 2. The second-order valence-electron chi connectivity index (χ2n) is 6.07. The topological polar surface area (TPSA) is 46.2 Å². The van der Waals surface area contributed by atoms with Gasteiger partial charge in [0.1, 0.15) is 0 Å². The van der Waals surface area contributed by atoms with Crippen LogP contribution in [0.4, 0.5) is 0 Å². The van der Waals surface area contributed by atoms with Crippen molar-refractivity contribution >= 4 is 0 Å². The molecule has 0 heterocycles. The molecular formula is C14H27NO. The number of hydrogen-bond acceptors (Lipinski definition) is 2. The Bertz CT molecular complexity index is 227. The Balaban J connectivity index is 2.04. The van der Waals surface area contributed by atoms with Gasteiger partial charge in [-0.3, -0.25) is 0 Å². The highest BCUT2D eigenvalue weighted by atomic mass is 16.3. The van der Waals surface area contributed by atoms with Crippen molar-refractivity contribution in [2.45, 2.75) is 64.4 Å². The van der Waals surface area contributed by atoms with Crippen LogP contribution in [0.5, 0.6) is 0 Å². The lowest BCUT2D eigenvalue weighted by molar-refractivity contribution is -0.0695. The van der Waals surface area contributed by atoms with Crippen LogP contribution in [-0.2, 0) is 0 Å². The van der Waals surface area contributed by atoms with Crippen molar-refractivity contribution in [3.05, 3.63) is 0 Å². The molecule has 0 aromatic carbocycles. The molecule has 0 saturated heterocycles. The predicted octanol–water partition coefficient (Wildman–Crippen LogP) is 2.69. The highest BCUT2D eigenvalue weighted by Gasteiger charge is 2.45. The van der Waals surface area contributed by atoms with Gasteiger partial charge in [-0.1, -0.05) is 32.6 Å². The third kappa shape index (κ3) is 2.14. The fourth-order valence-electron chi connectivity index (χ4n) is 3.70. The molecule has 3 atom stereocenters. The Hall–Kier alpha value is -0.0800. The van der Waals surface area contributed by atoms with Crippen molar-refractivity contribution in [1.82, 2.24) is 0 Å². The Morgan fingerprint density at radius 1 is 1.31 bits per heavy atom. The summed E-state index contributed by atoms with van der Waals surface area (Å²) >= 11 is 0. The highest BCUT2D eigenvalue weighted by molar-refractivity contribution is 4.96. The smallest absolute Gasteiger partial charge is 0.0636 e. The maximum atomic E-state index is 10.6.